The highest BCUT2D eigenvalue weighted by Crippen LogP contribution is 2.28. The molecule has 2 heteroatoms. The van der Waals surface area contributed by atoms with E-state index in [1.807, 2.05) is 24.3 Å². The van der Waals surface area contributed by atoms with Crippen molar-refractivity contribution in [2.45, 2.75) is 13.5 Å². The highest BCUT2D eigenvalue weighted by atomic mass is 16.3. The first-order valence-electron chi connectivity index (χ1n) is 6.43. The van der Waals surface area contributed by atoms with Gasteiger partial charge in [0, 0.05) is 6.61 Å². The SMILES string of the molecule is CCO.OCc1c2ccccc2cc2ccccc12. The van der Waals surface area contributed by atoms with Gasteiger partial charge in [-0.05, 0) is 40.1 Å². The van der Waals surface area contributed by atoms with Crippen LogP contribution in [0.1, 0.15) is 12.5 Å². The third-order valence-corrected chi connectivity index (χ3v) is 3.04. The maximum Gasteiger partial charge on any atom is 0.0693 e. The standard InChI is InChI=1S/C15H12O.C2H6O/c16-10-15-13-7-3-1-5-11(13)9-12-6-2-4-8-14(12)15;1-2-3/h1-9,16H,10H2;3H,2H2,1H3. The Balaban J connectivity index is 0.000000408. The Labute approximate surface area is 112 Å². The number of hydrogen-bond acceptors (Lipinski definition) is 2. The van der Waals surface area contributed by atoms with Gasteiger partial charge in [0.15, 0.2) is 0 Å². The van der Waals surface area contributed by atoms with E-state index >= 15 is 0 Å². The van der Waals surface area contributed by atoms with Crippen LogP contribution in [0.5, 0.6) is 0 Å². The first kappa shape index (κ1) is 13.5. The lowest BCUT2D eigenvalue weighted by Gasteiger charge is -2.08. The van der Waals surface area contributed by atoms with Crippen molar-refractivity contribution in [3.05, 3.63) is 60.2 Å². The molecule has 2 nitrogen and oxygen atoms in total. The number of fused-ring (bicyclic) bond motifs is 2. The molecule has 3 rings (SSSR count). The molecule has 0 saturated carbocycles. The summed E-state index contributed by atoms with van der Waals surface area (Å²) in [7, 11) is 0. The van der Waals surface area contributed by atoms with Crippen LogP contribution in [0.15, 0.2) is 54.6 Å². The van der Waals surface area contributed by atoms with Crippen LogP contribution < -0.4 is 0 Å². The van der Waals surface area contributed by atoms with Crippen molar-refractivity contribution in [2.75, 3.05) is 6.61 Å². The van der Waals surface area contributed by atoms with Gasteiger partial charge in [-0.25, -0.2) is 0 Å². The van der Waals surface area contributed by atoms with Crippen LogP contribution in [0.4, 0.5) is 0 Å². The number of benzene rings is 3. The fourth-order valence-electron chi connectivity index (χ4n) is 2.28. The molecule has 0 unspecified atom stereocenters. The van der Waals surface area contributed by atoms with Crippen molar-refractivity contribution in [3.63, 3.8) is 0 Å². The maximum atomic E-state index is 9.53. The number of aliphatic hydroxyl groups excluding tert-OH is 2. The van der Waals surface area contributed by atoms with Crippen molar-refractivity contribution < 1.29 is 10.2 Å². The van der Waals surface area contributed by atoms with Crippen molar-refractivity contribution in [2.24, 2.45) is 0 Å². The van der Waals surface area contributed by atoms with E-state index in [-0.39, 0.29) is 13.2 Å². The lowest BCUT2D eigenvalue weighted by Crippen LogP contribution is -1.88. The monoisotopic (exact) mass is 254 g/mol. The van der Waals surface area contributed by atoms with Gasteiger partial charge in [-0.1, -0.05) is 48.5 Å². The minimum atomic E-state index is 0.0852. The quantitative estimate of drug-likeness (QED) is 0.653. The molecule has 0 heterocycles. The van der Waals surface area contributed by atoms with E-state index in [0.717, 1.165) is 16.3 Å². The van der Waals surface area contributed by atoms with Crippen LogP contribution in [0.2, 0.25) is 0 Å². The van der Waals surface area contributed by atoms with Crippen LogP contribution in [0, 0.1) is 0 Å². The Hall–Kier alpha value is -1.90. The fourth-order valence-corrected chi connectivity index (χ4v) is 2.28. The highest BCUT2D eigenvalue weighted by molar-refractivity contribution is 6.02. The molecule has 2 N–H and O–H groups in total. The molecule has 0 aliphatic heterocycles. The Morgan fingerprint density at radius 1 is 0.789 bits per heavy atom. The van der Waals surface area contributed by atoms with Gasteiger partial charge >= 0.3 is 0 Å². The summed E-state index contributed by atoms with van der Waals surface area (Å²) < 4.78 is 0. The van der Waals surface area contributed by atoms with Crippen molar-refractivity contribution in [1.82, 2.24) is 0 Å². The molecule has 0 aliphatic carbocycles. The first-order valence-corrected chi connectivity index (χ1v) is 6.43. The van der Waals surface area contributed by atoms with Gasteiger partial charge in [0.25, 0.3) is 0 Å². The minimum Gasteiger partial charge on any atom is -0.397 e. The molecule has 19 heavy (non-hydrogen) atoms. The summed E-state index contributed by atoms with van der Waals surface area (Å²) in [6.45, 7) is 2.02. The second-order valence-corrected chi connectivity index (χ2v) is 4.27. The zero-order valence-electron chi connectivity index (χ0n) is 11.0. The molecule has 3 aromatic rings. The average molecular weight is 254 g/mol. The summed E-state index contributed by atoms with van der Waals surface area (Å²) in [4.78, 5) is 0. The largest absolute Gasteiger partial charge is 0.397 e. The van der Waals surface area contributed by atoms with E-state index in [2.05, 4.69) is 30.3 Å². The lowest BCUT2D eigenvalue weighted by molar-refractivity contribution is 0.285. The third-order valence-electron chi connectivity index (χ3n) is 3.04. The number of hydrogen-bond donors (Lipinski definition) is 2. The van der Waals surface area contributed by atoms with Gasteiger partial charge in [-0.3, -0.25) is 0 Å². The van der Waals surface area contributed by atoms with Gasteiger partial charge in [0.2, 0.25) is 0 Å². The summed E-state index contributed by atoms with van der Waals surface area (Å²) >= 11 is 0. The van der Waals surface area contributed by atoms with E-state index in [1.54, 1.807) is 6.92 Å². The molecular formula is C17H18O2. The highest BCUT2D eigenvalue weighted by Gasteiger charge is 2.05. The predicted molar refractivity (Wildman–Crippen MR) is 80.1 cm³/mol. The zero-order chi connectivity index (χ0) is 13.7. The Morgan fingerprint density at radius 3 is 1.63 bits per heavy atom. The molecule has 3 aromatic carbocycles. The van der Waals surface area contributed by atoms with Gasteiger partial charge in [0.1, 0.15) is 0 Å². The summed E-state index contributed by atoms with van der Waals surface area (Å²) in [5, 5.41) is 21.8. The predicted octanol–water partition coefficient (Wildman–Crippen LogP) is 3.48. The minimum absolute atomic E-state index is 0.0852. The molecule has 0 aromatic heterocycles. The molecule has 0 bridgehead atoms. The Kier molecular flexibility index (Phi) is 4.50. The number of rotatable bonds is 1. The van der Waals surface area contributed by atoms with E-state index in [0.29, 0.717) is 0 Å². The van der Waals surface area contributed by atoms with Crippen molar-refractivity contribution in [3.8, 4) is 0 Å². The van der Waals surface area contributed by atoms with Crippen LogP contribution in [-0.4, -0.2) is 16.8 Å². The fraction of sp³-hybridized carbons (Fsp3) is 0.176. The van der Waals surface area contributed by atoms with Gasteiger partial charge in [-0.15, -0.1) is 0 Å². The van der Waals surface area contributed by atoms with Crippen LogP contribution in [0.3, 0.4) is 0 Å². The molecule has 0 aliphatic rings. The van der Waals surface area contributed by atoms with E-state index in [9.17, 15) is 5.11 Å². The first-order chi connectivity index (χ1) is 9.31. The van der Waals surface area contributed by atoms with E-state index < -0.39 is 0 Å². The molecule has 98 valence electrons. The van der Waals surface area contributed by atoms with E-state index in [4.69, 9.17) is 5.11 Å². The van der Waals surface area contributed by atoms with Gasteiger partial charge in [0.05, 0.1) is 6.61 Å². The topological polar surface area (TPSA) is 40.5 Å². The molecule has 0 saturated heterocycles. The summed E-state index contributed by atoms with van der Waals surface area (Å²) in [5.41, 5.74) is 1.02. The maximum absolute atomic E-state index is 9.53. The summed E-state index contributed by atoms with van der Waals surface area (Å²) in [6.07, 6.45) is 0. The molecular weight excluding hydrogens is 236 g/mol. The van der Waals surface area contributed by atoms with Gasteiger partial charge in [-0.2, -0.15) is 0 Å². The smallest absolute Gasteiger partial charge is 0.0693 e. The summed E-state index contributed by atoms with van der Waals surface area (Å²) in [5.74, 6) is 0. The molecule has 0 spiro atoms. The second kappa shape index (κ2) is 6.32. The van der Waals surface area contributed by atoms with Crippen molar-refractivity contribution >= 4 is 21.5 Å². The molecule has 0 fully saturated rings. The third kappa shape index (κ3) is 2.75. The molecule has 0 radical (unpaired) electrons. The lowest BCUT2D eigenvalue weighted by atomic mass is 9.97. The Morgan fingerprint density at radius 2 is 1.21 bits per heavy atom. The molecule has 0 amide bonds. The summed E-state index contributed by atoms with van der Waals surface area (Å²) in [6, 6.07) is 18.5. The molecule has 0 atom stereocenters. The van der Waals surface area contributed by atoms with Gasteiger partial charge < -0.3 is 10.2 Å². The van der Waals surface area contributed by atoms with E-state index in [1.165, 1.54) is 10.8 Å². The van der Waals surface area contributed by atoms with Crippen molar-refractivity contribution in [1.29, 1.82) is 0 Å². The normalized spacial score (nSPS) is 10.3. The van der Waals surface area contributed by atoms with Crippen LogP contribution in [-0.2, 0) is 6.61 Å². The second-order valence-electron chi connectivity index (χ2n) is 4.27. The van der Waals surface area contributed by atoms with Crippen LogP contribution in [0.25, 0.3) is 21.5 Å². The van der Waals surface area contributed by atoms with Crippen LogP contribution >= 0.6 is 0 Å². The Bertz CT molecular complexity index is 620. The zero-order valence-corrected chi connectivity index (χ0v) is 11.0. The average Bonchev–Trinajstić information content (AvgIpc) is 2.45. The number of aliphatic hydroxyl groups is 2.